The molecule has 1 heterocycles. The molecule has 1 aliphatic heterocycles. The summed E-state index contributed by atoms with van der Waals surface area (Å²) >= 11 is 0. The van der Waals surface area contributed by atoms with Gasteiger partial charge in [0.1, 0.15) is 0 Å². The maximum atomic E-state index is 14.2. The van der Waals surface area contributed by atoms with Crippen molar-refractivity contribution in [3.8, 4) is 0 Å². The lowest BCUT2D eigenvalue weighted by Crippen LogP contribution is -2.55. The number of carbonyl (C=O) groups excluding carboxylic acids is 1. The summed E-state index contributed by atoms with van der Waals surface area (Å²) in [5, 5.41) is 35.3. The third-order valence-corrected chi connectivity index (χ3v) is 9.36. The van der Waals surface area contributed by atoms with Gasteiger partial charge in [0, 0.05) is 37.1 Å². The molecule has 3 aliphatic carbocycles. The summed E-state index contributed by atoms with van der Waals surface area (Å²) < 4.78 is 12.8. The number of aliphatic imine (C=N–C) groups is 1. The smallest absolute Gasteiger partial charge is 0.252 e. The van der Waals surface area contributed by atoms with Crippen molar-refractivity contribution in [1.82, 2.24) is 5.32 Å². The third-order valence-electron chi connectivity index (χ3n) is 9.36. The van der Waals surface area contributed by atoms with Crippen molar-refractivity contribution in [3.05, 3.63) is 21.6 Å². The van der Waals surface area contributed by atoms with Crippen molar-refractivity contribution in [1.29, 1.82) is 0 Å². The molecule has 0 bridgehead atoms. The van der Waals surface area contributed by atoms with E-state index in [0.717, 1.165) is 88.2 Å². The van der Waals surface area contributed by atoms with Gasteiger partial charge < -0.3 is 30.1 Å². The number of carbonyl (C=O) groups is 1. The first-order valence-electron chi connectivity index (χ1n) is 15.8. The zero-order valence-corrected chi connectivity index (χ0v) is 24.4. The molecule has 2 fully saturated rings. The molecule has 0 aromatic rings. The molecule has 11 nitrogen and oxygen atoms in total. The van der Waals surface area contributed by atoms with Crippen molar-refractivity contribution in [3.63, 3.8) is 0 Å². The molecule has 3 atom stereocenters. The lowest BCUT2D eigenvalue weighted by Gasteiger charge is -2.37. The van der Waals surface area contributed by atoms with E-state index in [1.54, 1.807) is 0 Å². The molecule has 0 aromatic carbocycles. The van der Waals surface area contributed by atoms with Crippen LogP contribution in [0.4, 0.5) is 0 Å². The van der Waals surface area contributed by atoms with Gasteiger partial charge in [-0.25, -0.2) is 4.99 Å². The van der Waals surface area contributed by atoms with Gasteiger partial charge in [-0.3, -0.25) is 4.79 Å². The molecule has 0 saturated heterocycles. The van der Waals surface area contributed by atoms with Gasteiger partial charge in [0.25, 0.3) is 5.91 Å². The summed E-state index contributed by atoms with van der Waals surface area (Å²) in [6, 6.07) is 0. The molecule has 0 spiro atoms. The number of nitrogens with zero attached hydrogens (tertiary/aromatic N) is 4. The Morgan fingerprint density at radius 3 is 2.59 bits per heavy atom. The Balaban J connectivity index is 1.67. The van der Waals surface area contributed by atoms with Crippen LogP contribution >= 0.6 is 0 Å². The first-order valence-corrected chi connectivity index (χ1v) is 15.8. The van der Waals surface area contributed by atoms with Crippen molar-refractivity contribution in [2.45, 2.75) is 120 Å². The van der Waals surface area contributed by atoms with E-state index in [-0.39, 0.29) is 37.6 Å². The number of amides is 1. The van der Waals surface area contributed by atoms with Gasteiger partial charge in [0.05, 0.1) is 18.8 Å². The molecule has 2 saturated carbocycles. The van der Waals surface area contributed by atoms with Crippen LogP contribution in [-0.4, -0.2) is 83.9 Å². The van der Waals surface area contributed by atoms with Gasteiger partial charge in [-0.2, -0.15) is 0 Å². The van der Waals surface area contributed by atoms with Crippen LogP contribution in [-0.2, 0) is 14.3 Å². The topological polar surface area (TPSA) is 169 Å². The highest BCUT2D eigenvalue weighted by Crippen LogP contribution is 2.46. The molecular weight excluding hydrogens is 526 g/mol. The monoisotopic (exact) mass is 575 g/mol. The van der Waals surface area contributed by atoms with Crippen LogP contribution in [0.1, 0.15) is 96.3 Å². The van der Waals surface area contributed by atoms with E-state index in [1.165, 1.54) is 6.42 Å². The highest BCUT2D eigenvalue weighted by atomic mass is 16.5. The second kappa shape index (κ2) is 15.9. The molecule has 41 heavy (non-hydrogen) atoms. The number of rotatable bonds is 14. The van der Waals surface area contributed by atoms with Crippen molar-refractivity contribution >= 4 is 11.8 Å². The minimum atomic E-state index is -1.17. The van der Waals surface area contributed by atoms with Gasteiger partial charge in [-0.1, -0.05) is 42.8 Å². The van der Waals surface area contributed by atoms with E-state index in [0.29, 0.717) is 31.3 Å². The molecule has 230 valence electrons. The van der Waals surface area contributed by atoms with Gasteiger partial charge in [-0.05, 0) is 81.2 Å². The zero-order valence-electron chi connectivity index (χ0n) is 24.4. The number of hydrogen-bond acceptors (Lipinski definition) is 8. The Hall–Kier alpha value is -2.17. The average Bonchev–Trinajstić information content (AvgIpc) is 3.39. The Labute approximate surface area is 243 Å². The second-order valence-corrected chi connectivity index (χ2v) is 12.3. The van der Waals surface area contributed by atoms with Gasteiger partial charge >= 0.3 is 0 Å². The van der Waals surface area contributed by atoms with E-state index < -0.39 is 24.4 Å². The summed E-state index contributed by atoms with van der Waals surface area (Å²) in [4.78, 5) is 22.5. The highest BCUT2D eigenvalue weighted by molar-refractivity contribution is 5.95. The SMILES string of the molecule is [N-]=[N+]=NCC1=C([C@@H]2OC(C3CCC(OCCCO)CC3)=N[C@]2(CC2CCCCC2)C(=O)NCC(O)CO)CCCC1. The predicted octanol–water partition coefficient (Wildman–Crippen LogP) is 4.10. The maximum absolute atomic E-state index is 14.2. The van der Waals surface area contributed by atoms with E-state index >= 15 is 0 Å². The molecule has 1 unspecified atom stereocenters. The predicted molar refractivity (Wildman–Crippen MR) is 155 cm³/mol. The summed E-state index contributed by atoms with van der Waals surface area (Å²) in [6.45, 7) is 0.453. The largest absolute Gasteiger partial charge is 0.470 e. The first kappa shape index (κ1) is 31.8. The number of nitrogens with one attached hydrogen (secondary N) is 1. The van der Waals surface area contributed by atoms with Gasteiger partial charge in [-0.15, -0.1) is 0 Å². The van der Waals surface area contributed by atoms with Crippen LogP contribution in [0.15, 0.2) is 21.3 Å². The van der Waals surface area contributed by atoms with Crippen molar-refractivity contribution < 1.29 is 29.6 Å². The van der Waals surface area contributed by atoms with Crippen LogP contribution in [0.5, 0.6) is 0 Å². The lowest BCUT2D eigenvalue weighted by atomic mass is 9.72. The molecule has 1 amide bonds. The fraction of sp³-hybridized carbons (Fsp3) is 0.867. The fourth-order valence-electron chi connectivity index (χ4n) is 7.12. The van der Waals surface area contributed by atoms with E-state index in [9.17, 15) is 15.0 Å². The van der Waals surface area contributed by atoms with Gasteiger partial charge in [0.2, 0.25) is 0 Å². The molecule has 4 rings (SSSR count). The van der Waals surface area contributed by atoms with Crippen LogP contribution in [0.3, 0.4) is 0 Å². The van der Waals surface area contributed by atoms with E-state index in [2.05, 4.69) is 15.3 Å². The molecule has 4 aliphatic rings. The van der Waals surface area contributed by atoms with Crippen molar-refractivity contribution in [2.75, 3.05) is 32.9 Å². The normalized spacial score (nSPS) is 29.8. The number of azide groups is 1. The second-order valence-electron chi connectivity index (χ2n) is 12.3. The summed E-state index contributed by atoms with van der Waals surface area (Å²) in [7, 11) is 0. The summed E-state index contributed by atoms with van der Waals surface area (Å²) in [6.07, 6.45) is 12.3. The van der Waals surface area contributed by atoms with Crippen LogP contribution in [0.2, 0.25) is 0 Å². The molecule has 11 heteroatoms. The first-order chi connectivity index (χ1) is 20.0. The highest BCUT2D eigenvalue weighted by Gasteiger charge is 2.56. The summed E-state index contributed by atoms with van der Waals surface area (Å²) in [5.41, 5.74) is 9.97. The fourth-order valence-corrected chi connectivity index (χ4v) is 7.12. The van der Waals surface area contributed by atoms with E-state index in [1.807, 2.05) is 0 Å². The molecule has 0 aromatic heterocycles. The molecule has 4 N–H and O–H groups in total. The minimum Gasteiger partial charge on any atom is -0.470 e. The maximum Gasteiger partial charge on any atom is 0.252 e. The number of ether oxygens (including phenoxy) is 2. The quantitative estimate of drug-likeness (QED) is 0.0799. The Morgan fingerprint density at radius 1 is 1.12 bits per heavy atom. The molecular formula is C30H49N5O6. The lowest BCUT2D eigenvalue weighted by molar-refractivity contribution is -0.129. The van der Waals surface area contributed by atoms with Crippen molar-refractivity contribution in [2.24, 2.45) is 21.9 Å². The minimum absolute atomic E-state index is 0.0553. The van der Waals surface area contributed by atoms with E-state index in [4.69, 9.17) is 25.1 Å². The van der Waals surface area contributed by atoms with Gasteiger partial charge in [0.15, 0.2) is 17.5 Å². The molecule has 0 radical (unpaired) electrons. The number of aliphatic hydroxyl groups excluding tert-OH is 3. The number of hydrogen-bond donors (Lipinski definition) is 4. The Morgan fingerprint density at radius 2 is 1.88 bits per heavy atom. The average molecular weight is 576 g/mol. The summed E-state index contributed by atoms with van der Waals surface area (Å²) in [5.74, 6) is 0.799. The third kappa shape index (κ3) is 8.23. The zero-order chi connectivity index (χ0) is 29.1. The standard InChI is InChI=1S/C30H49N5O6/c31-35-33-18-23-9-4-5-10-26(23)27-30(17-21-7-2-1-3-8-21,29(39)32-19-24(38)20-37)34-28(41-27)22-11-13-25(14-12-22)40-16-6-15-36/h21-22,24-25,27,36-38H,1-20H2,(H,32,39)/t22?,24?,25?,27-,30-/m0/s1. The van der Waals surface area contributed by atoms with Crippen LogP contribution < -0.4 is 5.32 Å². The Kier molecular flexibility index (Phi) is 12.3. The van der Waals surface area contributed by atoms with Crippen LogP contribution in [0, 0.1) is 11.8 Å². The van der Waals surface area contributed by atoms with Crippen LogP contribution in [0.25, 0.3) is 10.4 Å². The Bertz CT molecular complexity index is 968. The number of aliphatic hydroxyl groups is 3.